The second-order valence-corrected chi connectivity index (χ2v) is 6.90. The molecule has 0 spiro atoms. The van der Waals surface area contributed by atoms with Crippen LogP contribution in [0.4, 0.5) is 0 Å². The van der Waals surface area contributed by atoms with Gasteiger partial charge in [-0.3, -0.25) is 4.99 Å². The molecule has 0 amide bonds. The zero-order valence-corrected chi connectivity index (χ0v) is 17.4. The Kier molecular flexibility index (Phi) is 14.2. The molecule has 4 nitrogen and oxygen atoms in total. The molecular formula is C23H37N3O. The second kappa shape index (κ2) is 16.4. The Balaban J connectivity index is 0.000000301. The van der Waals surface area contributed by atoms with E-state index in [9.17, 15) is 0 Å². The van der Waals surface area contributed by atoms with E-state index in [1.54, 1.807) is 14.2 Å². The van der Waals surface area contributed by atoms with Crippen molar-refractivity contribution in [3.8, 4) is 0 Å². The van der Waals surface area contributed by atoms with E-state index >= 15 is 0 Å². The van der Waals surface area contributed by atoms with Gasteiger partial charge in [-0.2, -0.15) is 0 Å². The van der Waals surface area contributed by atoms with E-state index in [0.717, 1.165) is 25.9 Å². The Hall–Kier alpha value is -1.75. The van der Waals surface area contributed by atoms with Crippen LogP contribution in [-0.2, 0) is 11.3 Å². The maximum absolute atomic E-state index is 4.25. The Bertz CT molecular complexity index is 546. The van der Waals surface area contributed by atoms with Crippen LogP contribution in [0.3, 0.4) is 0 Å². The number of hydrogen-bond donors (Lipinski definition) is 1. The molecule has 27 heavy (non-hydrogen) atoms. The van der Waals surface area contributed by atoms with Crippen LogP contribution in [0.15, 0.2) is 59.2 Å². The number of nitrogens with one attached hydrogen (secondary N) is 1. The van der Waals surface area contributed by atoms with Crippen molar-refractivity contribution < 1.29 is 4.74 Å². The molecule has 0 saturated carbocycles. The third-order valence-corrected chi connectivity index (χ3v) is 4.34. The number of piperidine rings is 1. The third kappa shape index (κ3) is 13.1. The van der Waals surface area contributed by atoms with Crippen molar-refractivity contribution in [1.29, 1.82) is 0 Å². The molecule has 1 aromatic rings. The zero-order chi connectivity index (χ0) is 19.6. The van der Waals surface area contributed by atoms with Gasteiger partial charge < -0.3 is 15.0 Å². The molecular weight excluding hydrogens is 334 g/mol. The van der Waals surface area contributed by atoms with Crippen LogP contribution >= 0.6 is 0 Å². The minimum Gasteiger partial charge on any atom is -0.388 e. The minimum absolute atomic E-state index is 0.943. The van der Waals surface area contributed by atoms with Crippen LogP contribution < -0.4 is 5.32 Å². The molecule has 0 aromatic heterocycles. The molecule has 3 rings (SSSR count). The van der Waals surface area contributed by atoms with Gasteiger partial charge in [-0.25, -0.2) is 0 Å². The van der Waals surface area contributed by atoms with Crippen molar-refractivity contribution in [2.24, 2.45) is 4.99 Å². The van der Waals surface area contributed by atoms with E-state index in [-0.39, 0.29) is 0 Å². The maximum Gasteiger partial charge on any atom is 0.0351 e. The largest absolute Gasteiger partial charge is 0.388 e. The third-order valence-electron chi connectivity index (χ3n) is 4.34. The van der Waals surface area contributed by atoms with Gasteiger partial charge in [0.1, 0.15) is 0 Å². The molecule has 0 atom stereocenters. The quantitative estimate of drug-likeness (QED) is 0.777. The van der Waals surface area contributed by atoms with E-state index in [2.05, 4.69) is 63.4 Å². The average molecular weight is 372 g/mol. The molecule has 0 unspecified atom stereocenters. The van der Waals surface area contributed by atoms with Crippen molar-refractivity contribution in [2.45, 2.75) is 38.6 Å². The van der Waals surface area contributed by atoms with Crippen molar-refractivity contribution >= 4 is 6.21 Å². The lowest BCUT2D eigenvalue weighted by atomic mass is 10.1. The Labute approximate surface area is 166 Å². The highest BCUT2D eigenvalue weighted by Crippen LogP contribution is 2.09. The highest BCUT2D eigenvalue weighted by atomic mass is 16.4. The summed E-state index contributed by atoms with van der Waals surface area (Å²) in [6.07, 6.45) is 14.3. The fraction of sp³-hybridized carbons (Fsp3) is 0.522. The molecule has 1 saturated heterocycles. The Morgan fingerprint density at radius 1 is 1.07 bits per heavy atom. The number of allylic oxidation sites excluding steroid dienone is 2. The van der Waals surface area contributed by atoms with Crippen LogP contribution in [0.25, 0.3) is 0 Å². The molecule has 0 bridgehead atoms. The second-order valence-electron chi connectivity index (χ2n) is 6.90. The summed E-state index contributed by atoms with van der Waals surface area (Å²) in [6.45, 7) is 4.60. The predicted molar refractivity (Wildman–Crippen MR) is 117 cm³/mol. The number of aliphatic imine (C=N–C) groups is 1. The lowest BCUT2D eigenvalue weighted by molar-refractivity contribution is 0.277. The van der Waals surface area contributed by atoms with Crippen LogP contribution in [0.2, 0.25) is 0 Å². The topological polar surface area (TPSA) is 36.9 Å². The Morgan fingerprint density at radius 2 is 1.78 bits per heavy atom. The van der Waals surface area contributed by atoms with E-state index in [1.807, 2.05) is 18.5 Å². The fourth-order valence-corrected chi connectivity index (χ4v) is 2.85. The van der Waals surface area contributed by atoms with Crippen LogP contribution in [0, 0.1) is 0 Å². The highest BCUT2D eigenvalue weighted by molar-refractivity contribution is 5.73. The molecule has 0 aliphatic carbocycles. The zero-order valence-electron chi connectivity index (χ0n) is 17.4. The number of methoxy groups -OCH3 is 1. The van der Waals surface area contributed by atoms with Crippen LogP contribution in [-0.4, -0.2) is 52.0 Å². The van der Waals surface area contributed by atoms with E-state index in [1.165, 1.54) is 43.5 Å². The molecule has 4 heteroatoms. The van der Waals surface area contributed by atoms with Crippen molar-refractivity contribution in [3.05, 3.63) is 59.8 Å². The first kappa shape index (κ1) is 23.3. The highest BCUT2D eigenvalue weighted by Gasteiger charge is 2.02. The molecule has 2 aliphatic rings. The lowest BCUT2D eigenvalue weighted by Gasteiger charge is -2.20. The van der Waals surface area contributed by atoms with Gasteiger partial charge in [-0.05, 0) is 64.0 Å². The van der Waals surface area contributed by atoms with Crippen LogP contribution in [0.1, 0.15) is 37.7 Å². The van der Waals surface area contributed by atoms with Gasteiger partial charge in [0.15, 0.2) is 0 Å². The molecule has 1 fully saturated rings. The minimum atomic E-state index is 0.943. The maximum atomic E-state index is 4.25. The summed E-state index contributed by atoms with van der Waals surface area (Å²) in [5.74, 6) is 0. The van der Waals surface area contributed by atoms with E-state index in [4.69, 9.17) is 0 Å². The summed E-state index contributed by atoms with van der Waals surface area (Å²) in [5, 5.41) is 3.46. The van der Waals surface area contributed by atoms with Gasteiger partial charge in [-0.1, -0.05) is 48.4 Å². The van der Waals surface area contributed by atoms with Crippen molar-refractivity contribution in [3.63, 3.8) is 0 Å². The number of nitrogens with zero attached hydrogens (tertiary/aromatic N) is 2. The van der Waals surface area contributed by atoms with Gasteiger partial charge in [0.05, 0.1) is 0 Å². The molecule has 2 heterocycles. The lowest BCUT2D eigenvalue weighted by Crippen LogP contribution is -2.24. The smallest absolute Gasteiger partial charge is 0.0351 e. The van der Waals surface area contributed by atoms with Crippen LogP contribution in [0.5, 0.6) is 0 Å². The van der Waals surface area contributed by atoms with Gasteiger partial charge in [0.25, 0.3) is 0 Å². The van der Waals surface area contributed by atoms with Gasteiger partial charge in [-0.15, -0.1) is 0 Å². The van der Waals surface area contributed by atoms with Crippen molar-refractivity contribution in [1.82, 2.24) is 10.2 Å². The molecule has 1 aromatic carbocycles. The normalized spacial score (nSPS) is 16.3. The van der Waals surface area contributed by atoms with Gasteiger partial charge >= 0.3 is 0 Å². The molecule has 2 aliphatic heterocycles. The van der Waals surface area contributed by atoms with Gasteiger partial charge in [0.2, 0.25) is 0 Å². The predicted octanol–water partition coefficient (Wildman–Crippen LogP) is 4.45. The number of hydrogen-bond acceptors (Lipinski definition) is 4. The van der Waals surface area contributed by atoms with E-state index in [0.29, 0.717) is 0 Å². The summed E-state index contributed by atoms with van der Waals surface area (Å²) < 4.78 is 4.25. The summed E-state index contributed by atoms with van der Waals surface area (Å²) in [7, 11) is 5.44. The number of benzene rings is 1. The van der Waals surface area contributed by atoms with E-state index < -0.39 is 0 Å². The first-order valence-corrected chi connectivity index (χ1v) is 9.95. The molecule has 0 radical (unpaired) electrons. The summed E-state index contributed by atoms with van der Waals surface area (Å²) in [6, 6.07) is 10.5. The summed E-state index contributed by atoms with van der Waals surface area (Å²) in [5.41, 5.74) is 2.77. The number of likely N-dealkylation sites (tertiary alicyclic amines) is 1. The number of rotatable bonds is 5. The Morgan fingerprint density at radius 3 is 2.41 bits per heavy atom. The first-order chi connectivity index (χ1) is 13.3. The standard InChI is InChI=1S/C15H18N2.C6H13N.C2H6O/c1-2-5-15(6-3-1)13-17-12-9-14-7-4-10-16-11-8-14;1-7-5-3-2-4-6-7;1-3-2/h1-6,8,10-11,17H,7,9,12-13H2;2-6H2,1H3;1-2H3. The first-order valence-electron chi connectivity index (χ1n) is 9.95. The van der Waals surface area contributed by atoms with Crippen molar-refractivity contribution in [2.75, 3.05) is 40.9 Å². The summed E-state index contributed by atoms with van der Waals surface area (Å²) in [4.78, 5) is 6.49. The van der Waals surface area contributed by atoms with Gasteiger partial charge in [0, 0.05) is 33.2 Å². The molecule has 1 N–H and O–H groups in total. The molecule has 150 valence electrons. The number of ether oxygens (including phenoxy) is 1. The average Bonchev–Trinajstić information content (AvgIpc) is 2.97. The SMILES string of the molecule is C1=CN=CC=C(CCNCc2ccccc2)C1.CN1CCCCC1.COC. The summed E-state index contributed by atoms with van der Waals surface area (Å²) >= 11 is 0. The fourth-order valence-electron chi connectivity index (χ4n) is 2.85. The monoisotopic (exact) mass is 371 g/mol.